The van der Waals surface area contributed by atoms with Crippen LogP contribution >= 0.6 is 0 Å². The number of benzene rings is 2. The topological polar surface area (TPSA) is 85.2 Å². The first-order valence-corrected chi connectivity index (χ1v) is 9.59. The summed E-state index contributed by atoms with van der Waals surface area (Å²) in [5.41, 5.74) is 6.86. The van der Waals surface area contributed by atoms with Gasteiger partial charge >= 0.3 is 0 Å². The summed E-state index contributed by atoms with van der Waals surface area (Å²) >= 11 is 0. The third-order valence-corrected chi connectivity index (χ3v) is 4.51. The molecule has 0 aliphatic carbocycles. The van der Waals surface area contributed by atoms with Crippen LogP contribution in [-0.2, 0) is 17.8 Å². The van der Waals surface area contributed by atoms with Crippen LogP contribution in [0, 0.1) is 5.82 Å². The van der Waals surface area contributed by atoms with Gasteiger partial charge in [-0.2, -0.15) is 5.10 Å². The molecule has 0 saturated heterocycles. The van der Waals surface area contributed by atoms with Gasteiger partial charge in [-0.25, -0.2) is 4.39 Å². The number of rotatable bonds is 7. The molecular weight excluding hydrogens is 387 g/mol. The van der Waals surface area contributed by atoms with Gasteiger partial charge in [0.25, 0.3) is 11.8 Å². The van der Waals surface area contributed by atoms with Crippen molar-refractivity contribution in [1.82, 2.24) is 20.6 Å². The van der Waals surface area contributed by atoms with E-state index in [1.54, 1.807) is 10.7 Å². The van der Waals surface area contributed by atoms with Crippen molar-refractivity contribution in [3.8, 4) is 5.75 Å². The largest absolute Gasteiger partial charge is 0.478 e. The number of ether oxygens (including phenoxy) is 1. The van der Waals surface area contributed by atoms with E-state index < -0.39 is 23.7 Å². The molecule has 1 unspecified atom stereocenters. The summed E-state index contributed by atoms with van der Waals surface area (Å²) < 4.78 is 20.7. The van der Waals surface area contributed by atoms with Crippen molar-refractivity contribution in [1.29, 1.82) is 0 Å². The molecule has 3 aromatic rings. The molecule has 1 atom stereocenters. The summed E-state index contributed by atoms with van der Waals surface area (Å²) in [5.74, 6) is -1.71. The first-order valence-electron chi connectivity index (χ1n) is 9.59. The lowest BCUT2D eigenvalue weighted by Gasteiger charge is -2.15. The van der Waals surface area contributed by atoms with Crippen LogP contribution in [0.5, 0.6) is 5.75 Å². The minimum atomic E-state index is -1.01. The Labute approximate surface area is 173 Å². The first kappa shape index (κ1) is 21.0. The van der Waals surface area contributed by atoms with E-state index in [2.05, 4.69) is 16.0 Å². The fraction of sp³-hybridized carbons (Fsp3) is 0.227. The Morgan fingerprint density at radius 3 is 2.50 bits per heavy atom. The Kier molecular flexibility index (Phi) is 6.79. The van der Waals surface area contributed by atoms with Gasteiger partial charge in [0.1, 0.15) is 0 Å². The third kappa shape index (κ3) is 5.02. The maximum Gasteiger partial charge on any atom is 0.279 e. The van der Waals surface area contributed by atoms with E-state index in [4.69, 9.17) is 4.74 Å². The zero-order valence-electron chi connectivity index (χ0n) is 16.8. The van der Waals surface area contributed by atoms with E-state index in [0.29, 0.717) is 18.5 Å². The lowest BCUT2D eigenvalue weighted by Crippen LogP contribution is -2.47. The number of hydrazine groups is 1. The van der Waals surface area contributed by atoms with Crippen LogP contribution in [0.4, 0.5) is 4.39 Å². The predicted octanol–water partition coefficient (Wildman–Crippen LogP) is 2.86. The fourth-order valence-corrected chi connectivity index (χ4v) is 2.94. The number of carbonyl (C=O) groups excluding carboxylic acids is 2. The number of hydrogen-bond donors (Lipinski definition) is 2. The highest BCUT2D eigenvalue weighted by Crippen LogP contribution is 2.17. The zero-order chi connectivity index (χ0) is 21.5. The smallest absolute Gasteiger partial charge is 0.279 e. The summed E-state index contributed by atoms with van der Waals surface area (Å²) in [6.07, 6.45) is 1.06. The molecule has 1 aromatic heterocycles. The van der Waals surface area contributed by atoms with Crippen molar-refractivity contribution in [2.24, 2.45) is 0 Å². The predicted molar refractivity (Wildman–Crippen MR) is 109 cm³/mol. The van der Waals surface area contributed by atoms with Crippen LogP contribution in [0.1, 0.15) is 35.5 Å². The Bertz CT molecular complexity index is 1020. The molecule has 30 heavy (non-hydrogen) atoms. The lowest BCUT2D eigenvalue weighted by molar-refractivity contribution is -0.128. The minimum absolute atomic E-state index is 0.0399. The quantitative estimate of drug-likeness (QED) is 0.587. The summed E-state index contributed by atoms with van der Waals surface area (Å²) in [6, 6.07) is 15.6. The molecule has 156 valence electrons. The highest BCUT2D eigenvalue weighted by molar-refractivity contribution is 5.96. The van der Waals surface area contributed by atoms with Gasteiger partial charge in [-0.15, -0.1) is 0 Å². The van der Waals surface area contributed by atoms with Crippen LogP contribution in [-0.4, -0.2) is 27.7 Å². The van der Waals surface area contributed by atoms with Crippen molar-refractivity contribution >= 4 is 11.8 Å². The number of carbonyl (C=O) groups is 2. The fourth-order valence-electron chi connectivity index (χ4n) is 2.94. The lowest BCUT2D eigenvalue weighted by atomic mass is 10.2. The molecule has 0 aliphatic rings. The normalized spacial score (nSPS) is 11.6. The molecule has 7 nitrogen and oxygen atoms in total. The number of halogens is 1. The van der Waals surface area contributed by atoms with Gasteiger partial charge in [0.2, 0.25) is 0 Å². The minimum Gasteiger partial charge on any atom is -0.478 e. The molecule has 0 radical (unpaired) electrons. The molecular formula is C22H23FN4O3. The van der Waals surface area contributed by atoms with Gasteiger partial charge < -0.3 is 4.74 Å². The molecule has 0 bridgehead atoms. The third-order valence-electron chi connectivity index (χ3n) is 4.51. The van der Waals surface area contributed by atoms with Crippen molar-refractivity contribution in [3.05, 3.63) is 83.4 Å². The maximum atomic E-state index is 13.7. The number of aromatic nitrogens is 2. The van der Waals surface area contributed by atoms with E-state index in [1.165, 1.54) is 31.3 Å². The molecule has 2 aromatic carbocycles. The highest BCUT2D eigenvalue weighted by atomic mass is 19.1. The van der Waals surface area contributed by atoms with E-state index in [-0.39, 0.29) is 5.75 Å². The van der Waals surface area contributed by atoms with E-state index in [0.717, 1.165) is 11.3 Å². The van der Waals surface area contributed by atoms with Gasteiger partial charge in [-0.1, -0.05) is 49.4 Å². The molecule has 2 N–H and O–H groups in total. The first-order chi connectivity index (χ1) is 14.5. The number of amides is 2. The van der Waals surface area contributed by atoms with Crippen LogP contribution < -0.4 is 15.6 Å². The van der Waals surface area contributed by atoms with E-state index in [1.807, 2.05) is 37.3 Å². The molecule has 0 aliphatic heterocycles. The Balaban J connectivity index is 1.60. The number of hydrogen-bond acceptors (Lipinski definition) is 4. The maximum absolute atomic E-state index is 13.7. The highest BCUT2D eigenvalue weighted by Gasteiger charge is 2.20. The van der Waals surface area contributed by atoms with Crippen LogP contribution in [0.3, 0.4) is 0 Å². The summed E-state index contributed by atoms with van der Waals surface area (Å²) in [4.78, 5) is 24.8. The second kappa shape index (κ2) is 9.69. The molecule has 0 spiro atoms. The van der Waals surface area contributed by atoms with E-state index >= 15 is 0 Å². The molecule has 1 heterocycles. The van der Waals surface area contributed by atoms with Gasteiger partial charge in [-0.3, -0.25) is 25.1 Å². The average molecular weight is 410 g/mol. The van der Waals surface area contributed by atoms with Gasteiger partial charge in [0, 0.05) is 0 Å². The van der Waals surface area contributed by atoms with Gasteiger partial charge in [0.05, 0.1) is 24.0 Å². The second-order valence-corrected chi connectivity index (χ2v) is 6.64. The average Bonchev–Trinajstić information content (AvgIpc) is 3.16. The van der Waals surface area contributed by atoms with Crippen molar-refractivity contribution in [3.63, 3.8) is 0 Å². The van der Waals surface area contributed by atoms with Crippen molar-refractivity contribution in [2.75, 3.05) is 0 Å². The SMILES string of the molecule is CCc1c(C(=O)NNC(=O)C(C)Oc2ccccc2F)cnn1Cc1ccccc1. The van der Waals surface area contributed by atoms with Gasteiger partial charge in [-0.05, 0) is 31.0 Å². The Morgan fingerprint density at radius 1 is 1.10 bits per heavy atom. The number of nitrogens with zero attached hydrogens (tertiary/aromatic N) is 2. The Hall–Kier alpha value is -3.68. The number of nitrogens with one attached hydrogen (secondary N) is 2. The molecule has 0 saturated carbocycles. The molecule has 8 heteroatoms. The number of para-hydroxylation sites is 1. The summed E-state index contributed by atoms with van der Waals surface area (Å²) in [7, 11) is 0. The van der Waals surface area contributed by atoms with Crippen molar-refractivity contribution in [2.45, 2.75) is 32.9 Å². The summed E-state index contributed by atoms with van der Waals surface area (Å²) in [5, 5.41) is 4.31. The summed E-state index contributed by atoms with van der Waals surface area (Å²) in [6.45, 7) is 3.93. The van der Waals surface area contributed by atoms with Crippen LogP contribution in [0.25, 0.3) is 0 Å². The molecule has 0 fully saturated rings. The molecule has 2 amide bonds. The van der Waals surface area contributed by atoms with E-state index in [9.17, 15) is 14.0 Å². The standard InChI is InChI=1S/C22H23FN4O3/c1-3-19-17(13-24-27(19)14-16-9-5-4-6-10-16)22(29)26-25-21(28)15(2)30-20-12-8-7-11-18(20)23/h4-13,15H,3,14H2,1-2H3,(H,25,28)(H,26,29). The van der Waals surface area contributed by atoms with Crippen LogP contribution in [0.15, 0.2) is 60.8 Å². The second-order valence-electron chi connectivity index (χ2n) is 6.64. The van der Waals surface area contributed by atoms with Crippen LogP contribution in [0.2, 0.25) is 0 Å². The zero-order valence-corrected chi connectivity index (χ0v) is 16.8. The van der Waals surface area contributed by atoms with Gasteiger partial charge in [0.15, 0.2) is 17.7 Å². The Morgan fingerprint density at radius 2 is 1.80 bits per heavy atom. The molecule has 3 rings (SSSR count). The monoisotopic (exact) mass is 410 g/mol. The van der Waals surface area contributed by atoms with Crippen molar-refractivity contribution < 1.29 is 18.7 Å².